The van der Waals surface area contributed by atoms with Gasteiger partial charge in [0.15, 0.2) is 0 Å². The second kappa shape index (κ2) is 7.27. The molecular weight excluding hydrogens is 224 g/mol. The van der Waals surface area contributed by atoms with Crippen LogP contribution < -0.4 is 0 Å². The Morgan fingerprint density at radius 2 is 1.41 bits per heavy atom. The monoisotopic (exact) mass is 246 g/mol. The number of hydrogen-bond donors (Lipinski definition) is 3. The molecule has 1 aliphatic carbocycles. The van der Waals surface area contributed by atoms with Gasteiger partial charge < -0.3 is 15.3 Å². The van der Waals surface area contributed by atoms with E-state index in [-0.39, 0.29) is 18.9 Å². The topological polar surface area (TPSA) is 94.8 Å². The zero-order valence-corrected chi connectivity index (χ0v) is 10.5. The number of carboxylic acid groups (broad SMARTS) is 2. The van der Waals surface area contributed by atoms with E-state index in [1.54, 1.807) is 0 Å². The average Bonchev–Trinajstić information content (AvgIpc) is 2.21. The third-order valence-corrected chi connectivity index (χ3v) is 2.86. The van der Waals surface area contributed by atoms with E-state index in [4.69, 9.17) is 15.3 Å². The summed E-state index contributed by atoms with van der Waals surface area (Å²) in [5.41, 5.74) is 0.499. The predicted molar refractivity (Wildman–Crippen MR) is 62.8 cm³/mol. The molecule has 0 radical (unpaired) electrons. The van der Waals surface area contributed by atoms with Crippen molar-refractivity contribution in [3.63, 3.8) is 0 Å². The van der Waals surface area contributed by atoms with Gasteiger partial charge in [-0.15, -0.1) is 0 Å². The minimum absolute atomic E-state index is 0.00183. The summed E-state index contributed by atoms with van der Waals surface area (Å²) in [7, 11) is 0. The highest BCUT2D eigenvalue weighted by Gasteiger charge is 2.25. The second-order valence-corrected chi connectivity index (χ2v) is 5.18. The van der Waals surface area contributed by atoms with Gasteiger partial charge in [0.25, 0.3) is 0 Å². The van der Waals surface area contributed by atoms with Crippen molar-refractivity contribution in [1.82, 2.24) is 0 Å². The highest BCUT2D eigenvalue weighted by Crippen LogP contribution is 2.34. The molecule has 0 saturated heterocycles. The minimum atomic E-state index is -1.08. The van der Waals surface area contributed by atoms with Crippen molar-refractivity contribution in [3.05, 3.63) is 0 Å². The molecule has 0 aromatic heterocycles. The van der Waals surface area contributed by atoms with Gasteiger partial charge in [-0.3, -0.25) is 9.59 Å². The number of hydrogen-bond acceptors (Lipinski definition) is 3. The van der Waals surface area contributed by atoms with Crippen LogP contribution in [0.4, 0.5) is 0 Å². The smallest absolute Gasteiger partial charge is 0.303 e. The van der Waals surface area contributed by atoms with Gasteiger partial charge in [-0.05, 0) is 31.1 Å². The lowest BCUT2D eigenvalue weighted by Crippen LogP contribution is -2.23. The van der Waals surface area contributed by atoms with Gasteiger partial charge in [0.2, 0.25) is 0 Å². The Kier molecular flexibility index (Phi) is 6.80. The number of carboxylic acids is 2. The molecule has 0 atom stereocenters. The Bertz CT molecular complexity index is 236. The summed E-state index contributed by atoms with van der Waals surface area (Å²) in [6.07, 6.45) is 3.80. The normalized spacial score (nSPS) is 19.0. The Morgan fingerprint density at radius 3 is 1.65 bits per heavy atom. The van der Waals surface area contributed by atoms with Crippen LogP contribution in [0.2, 0.25) is 0 Å². The number of aliphatic carboxylic acids is 2. The minimum Gasteiger partial charge on any atom is -0.481 e. The number of aliphatic hydroxyl groups is 1. The zero-order chi connectivity index (χ0) is 13.5. The molecule has 1 fully saturated rings. The number of carbonyl (C=O) groups is 2. The summed E-state index contributed by atoms with van der Waals surface area (Å²) in [5.74, 6) is -2.15. The molecule has 0 heterocycles. The maximum absolute atomic E-state index is 9.64. The van der Waals surface area contributed by atoms with Crippen LogP contribution in [-0.2, 0) is 9.59 Å². The summed E-state index contributed by atoms with van der Waals surface area (Å²) < 4.78 is 0. The van der Waals surface area contributed by atoms with Gasteiger partial charge in [-0.25, -0.2) is 0 Å². The fraction of sp³-hybridized carbons (Fsp3) is 0.833. The van der Waals surface area contributed by atoms with Crippen LogP contribution in [0.3, 0.4) is 0 Å². The lowest BCUT2D eigenvalue weighted by molar-refractivity contribution is -0.143. The summed E-state index contributed by atoms with van der Waals surface area (Å²) >= 11 is 0. The molecule has 0 bridgehead atoms. The zero-order valence-electron chi connectivity index (χ0n) is 10.5. The summed E-state index contributed by atoms with van der Waals surface area (Å²) in [6, 6.07) is 0. The molecule has 5 nitrogen and oxygen atoms in total. The fourth-order valence-corrected chi connectivity index (χ4v) is 1.60. The molecular formula is C12H22O5. The molecule has 1 saturated carbocycles. The first-order valence-corrected chi connectivity index (χ1v) is 5.84. The van der Waals surface area contributed by atoms with Crippen LogP contribution in [0, 0.1) is 5.41 Å². The Hall–Kier alpha value is -1.10. The average molecular weight is 246 g/mol. The second-order valence-electron chi connectivity index (χ2n) is 5.18. The van der Waals surface area contributed by atoms with E-state index in [9.17, 15) is 9.59 Å². The van der Waals surface area contributed by atoms with E-state index >= 15 is 0 Å². The molecule has 0 aliphatic heterocycles. The van der Waals surface area contributed by atoms with Crippen molar-refractivity contribution in [3.8, 4) is 0 Å². The van der Waals surface area contributed by atoms with Gasteiger partial charge in [0, 0.05) is 0 Å². The largest absolute Gasteiger partial charge is 0.481 e. The highest BCUT2D eigenvalue weighted by molar-refractivity contribution is 5.75. The molecule has 0 spiro atoms. The fourth-order valence-electron chi connectivity index (χ4n) is 1.60. The maximum Gasteiger partial charge on any atom is 0.303 e. The van der Waals surface area contributed by atoms with E-state index in [0.717, 1.165) is 12.8 Å². The molecule has 0 unspecified atom stereocenters. The van der Waals surface area contributed by atoms with Crippen molar-refractivity contribution in [1.29, 1.82) is 0 Å². The van der Waals surface area contributed by atoms with Crippen LogP contribution in [-0.4, -0.2) is 33.4 Å². The summed E-state index contributed by atoms with van der Waals surface area (Å²) in [4.78, 5) is 19.3. The van der Waals surface area contributed by atoms with Crippen LogP contribution in [0.25, 0.3) is 0 Å². The number of aliphatic hydroxyl groups excluding tert-OH is 1. The maximum atomic E-state index is 9.64. The van der Waals surface area contributed by atoms with Gasteiger partial charge in [0.1, 0.15) is 0 Å². The van der Waals surface area contributed by atoms with Crippen molar-refractivity contribution in [2.45, 2.75) is 58.5 Å². The third-order valence-electron chi connectivity index (χ3n) is 2.86. The quantitative estimate of drug-likeness (QED) is 0.706. The molecule has 3 N–H and O–H groups in total. The van der Waals surface area contributed by atoms with E-state index in [1.807, 2.05) is 0 Å². The summed E-state index contributed by atoms with van der Waals surface area (Å²) in [5, 5.41) is 24.9. The van der Waals surface area contributed by atoms with Gasteiger partial charge in [-0.2, -0.15) is 0 Å². The highest BCUT2D eigenvalue weighted by atomic mass is 16.4. The van der Waals surface area contributed by atoms with Crippen molar-refractivity contribution in [2.75, 3.05) is 0 Å². The molecule has 0 aromatic rings. The molecule has 1 aliphatic rings. The van der Waals surface area contributed by atoms with Crippen LogP contribution in [0.15, 0.2) is 0 Å². The Balaban J connectivity index is 0.000000304. The van der Waals surface area contributed by atoms with E-state index in [1.165, 1.54) is 12.8 Å². The summed E-state index contributed by atoms with van der Waals surface area (Å²) in [6.45, 7) is 4.55. The molecule has 5 heteroatoms. The standard InChI is InChI=1S/C8H16O.C4H6O4/c1-8(2)5-3-7(9)4-6-8;5-3(6)1-2-4(7)8/h7,9H,3-6H2,1-2H3;1-2H2,(H,5,6)(H,7,8). The van der Waals surface area contributed by atoms with Gasteiger partial charge in [0.05, 0.1) is 18.9 Å². The third kappa shape index (κ3) is 9.81. The van der Waals surface area contributed by atoms with Crippen molar-refractivity contribution in [2.24, 2.45) is 5.41 Å². The number of rotatable bonds is 3. The first-order chi connectivity index (χ1) is 7.73. The van der Waals surface area contributed by atoms with Crippen LogP contribution in [0.5, 0.6) is 0 Å². The molecule has 1 rings (SSSR count). The lowest BCUT2D eigenvalue weighted by Gasteiger charge is -2.31. The molecule has 0 amide bonds. The first-order valence-electron chi connectivity index (χ1n) is 5.84. The van der Waals surface area contributed by atoms with E-state index in [0.29, 0.717) is 5.41 Å². The Morgan fingerprint density at radius 1 is 1.06 bits per heavy atom. The molecule has 17 heavy (non-hydrogen) atoms. The van der Waals surface area contributed by atoms with Crippen molar-refractivity contribution < 1.29 is 24.9 Å². The van der Waals surface area contributed by atoms with Crippen LogP contribution >= 0.6 is 0 Å². The van der Waals surface area contributed by atoms with Gasteiger partial charge >= 0.3 is 11.9 Å². The van der Waals surface area contributed by atoms with Gasteiger partial charge in [-0.1, -0.05) is 13.8 Å². The van der Waals surface area contributed by atoms with E-state index < -0.39 is 11.9 Å². The SMILES string of the molecule is CC1(C)CCC(O)CC1.O=C(O)CCC(=O)O. The van der Waals surface area contributed by atoms with Crippen LogP contribution in [0.1, 0.15) is 52.4 Å². The van der Waals surface area contributed by atoms with E-state index in [2.05, 4.69) is 13.8 Å². The lowest BCUT2D eigenvalue weighted by atomic mass is 9.76. The Labute approximate surface area is 101 Å². The predicted octanol–water partition coefficient (Wildman–Crippen LogP) is 1.88. The first kappa shape index (κ1) is 15.9. The molecule has 0 aromatic carbocycles. The van der Waals surface area contributed by atoms with Crippen molar-refractivity contribution >= 4 is 11.9 Å². The molecule has 100 valence electrons.